The van der Waals surface area contributed by atoms with Crippen molar-refractivity contribution in [1.82, 2.24) is 4.31 Å². The van der Waals surface area contributed by atoms with E-state index in [4.69, 9.17) is 0 Å². The molecule has 1 N–H and O–H groups in total. The number of rotatable bonds is 2. The van der Waals surface area contributed by atoms with Gasteiger partial charge >= 0.3 is 6.03 Å². The first-order valence-electron chi connectivity index (χ1n) is 4.88. The third-order valence-corrected chi connectivity index (χ3v) is 2.63. The summed E-state index contributed by atoms with van der Waals surface area (Å²) in [6.45, 7) is 2.85. The Morgan fingerprint density at radius 1 is 1.44 bits per heavy atom. The Labute approximate surface area is 108 Å². The molecule has 0 saturated carbocycles. The molecule has 0 unspecified atom stereocenters. The third-order valence-electron chi connectivity index (χ3n) is 2.16. The Morgan fingerprint density at radius 2 is 2.06 bits per heavy atom. The SMILES string of the molecule is CC(=O)N(S)C(=O)Nc1cc([N+](=O)[O-])ccc1C. The van der Waals surface area contributed by atoms with E-state index in [-0.39, 0.29) is 11.4 Å². The number of nitrogens with zero attached hydrogens (tertiary/aromatic N) is 2. The van der Waals surface area contributed by atoms with Gasteiger partial charge in [0.15, 0.2) is 0 Å². The maximum atomic E-state index is 11.5. The summed E-state index contributed by atoms with van der Waals surface area (Å²) < 4.78 is 0.582. The van der Waals surface area contributed by atoms with Crippen molar-refractivity contribution >= 4 is 36.1 Å². The van der Waals surface area contributed by atoms with E-state index in [2.05, 4.69) is 18.1 Å². The Balaban J connectivity index is 2.97. The quantitative estimate of drug-likeness (QED) is 0.488. The molecule has 0 radical (unpaired) electrons. The van der Waals surface area contributed by atoms with Crippen LogP contribution in [0.15, 0.2) is 18.2 Å². The molecule has 1 aromatic carbocycles. The molecule has 0 heterocycles. The molecule has 0 spiro atoms. The molecule has 96 valence electrons. The number of imide groups is 1. The van der Waals surface area contributed by atoms with Gasteiger partial charge in [-0.2, -0.15) is 0 Å². The van der Waals surface area contributed by atoms with Crippen molar-refractivity contribution < 1.29 is 14.5 Å². The van der Waals surface area contributed by atoms with Crippen molar-refractivity contribution in [3.8, 4) is 0 Å². The minimum Gasteiger partial charge on any atom is -0.306 e. The largest absolute Gasteiger partial charge is 0.338 e. The zero-order valence-corrected chi connectivity index (χ0v) is 10.6. The third kappa shape index (κ3) is 3.20. The van der Waals surface area contributed by atoms with Crippen LogP contribution in [0, 0.1) is 17.0 Å². The van der Waals surface area contributed by atoms with Crippen molar-refractivity contribution in [2.45, 2.75) is 13.8 Å². The summed E-state index contributed by atoms with van der Waals surface area (Å²) in [6, 6.07) is 3.28. The van der Waals surface area contributed by atoms with Crippen molar-refractivity contribution in [3.05, 3.63) is 33.9 Å². The molecule has 3 amide bonds. The molecule has 0 aliphatic rings. The van der Waals surface area contributed by atoms with Crippen LogP contribution in [-0.2, 0) is 4.79 Å². The molecule has 18 heavy (non-hydrogen) atoms. The number of hydrogen-bond acceptors (Lipinski definition) is 5. The van der Waals surface area contributed by atoms with Crippen LogP contribution in [0.4, 0.5) is 16.2 Å². The number of non-ortho nitro benzene ring substituents is 1. The van der Waals surface area contributed by atoms with Gasteiger partial charge in [-0.3, -0.25) is 14.9 Å². The normalized spacial score (nSPS) is 9.72. The van der Waals surface area contributed by atoms with E-state index >= 15 is 0 Å². The van der Waals surface area contributed by atoms with Crippen molar-refractivity contribution in [2.24, 2.45) is 0 Å². The van der Waals surface area contributed by atoms with E-state index < -0.39 is 16.9 Å². The predicted octanol–water partition coefficient (Wildman–Crippen LogP) is 2.13. The topological polar surface area (TPSA) is 92.6 Å². The highest BCUT2D eigenvalue weighted by molar-refractivity contribution is 7.79. The number of nitrogens with one attached hydrogen (secondary N) is 1. The molecule has 0 aromatic heterocycles. The number of nitro benzene ring substituents is 1. The molecule has 0 saturated heterocycles. The predicted molar refractivity (Wildman–Crippen MR) is 68.4 cm³/mol. The molecule has 1 aromatic rings. The average Bonchev–Trinajstić information content (AvgIpc) is 2.30. The molecule has 0 aliphatic carbocycles. The van der Waals surface area contributed by atoms with Crippen molar-refractivity contribution in [1.29, 1.82) is 0 Å². The van der Waals surface area contributed by atoms with Crippen LogP contribution in [0.5, 0.6) is 0 Å². The Kier molecular flexibility index (Phi) is 4.27. The zero-order valence-electron chi connectivity index (χ0n) is 9.71. The summed E-state index contributed by atoms with van der Waals surface area (Å²) in [5.41, 5.74) is 0.748. The number of aryl methyl sites for hydroxylation is 1. The lowest BCUT2D eigenvalue weighted by atomic mass is 10.2. The number of amides is 3. The van der Waals surface area contributed by atoms with Gasteiger partial charge in [0.2, 0.25) is 5.91 Å². The molecule has 0 bridgehead atoms. The second-order valence-electron chi connectivity index (χ2n) is 3.52. The molecular weight excluding hydrogens is 258 g/mol. The second kappa shape index (κ2) is 5.50. The number of thiol groups is 1. The maximum Gasteiger partial charge on any atom is 0.338 e. The average molecular weight is 269 g/mol. The lowest BCUT2D eigenvalue weighted by Gasteiger charge is -2.13. The van der Waals surface area contributed by atoms with Crippen molar-refractivity contribution in [2.75, 3.05) is 5.32 Å². The summed E-state index contributed by atoms with van der Waals surface area (Å²) in [5.74, 6) is -0.557. The number of urea groups is 1. The Hall–Kier alpha value is -2.09. The molecular formula is C10H11N3O4S. The lowest BCUT2D eigenvalue weighted by Crippen LogP contribution is -2.30. The summed E-state index contributed by atoms with van der Waals surface area (Å²) in [7, 11) is 0. The number of benzene rings is 1. The summed E-state index contributed by atoms with van der Waals surface area (Å²) in [5, 5.41) is 13.0. The molecule has 7 nitrogen and oxygen atoms in total. The van der Waals surface area contributed by atoms with E-state index in [0.717, 1.165) is 0 Å². The van der Waals surface area contributed by atoms with Gasteiger partial charge in [-0.15, -0.1) is 0 Å². The number of anilines is 1. The number of carbonyl (C=O) groups is 2. The molecule has 0 atom stereocenters. The second-order valence-corrected chi connectivity index (χ2v) is 3.92. The highest BCUT2D eigenvalue weighted by Gasteiger charge is 2.16. The van der Waals surface area contributed by atoms with Crippen LogP contribution in [-0.4, -0.2) is 21.2 Å². The van der Waals surface area contributed by atoms with Gasteiger partial charge in [-0.05, 0) is 12.5 Å². The van der Waals surface area contributed by atoms with Gasteiger partial charge in [-0.25, -0.2) is 9.10 Å². The maximum absolute atomic E-state index is 11.5. The van der Waals surface area contributed by atoms with E-state index in [9.17, 15) is 19.7 Å². The highest BCUT2D eigenvalue weighted by Crippen LogP contribution is 2.22. The van der Waals surface area contributed by atoms with Gasteiger partial charge in [0.25, 0.3) is 5.69 Å². The van der Waals surface area contributed by atoms with Crippen LogP contribution in [0.3, 0.4) is 0 Å². The summed E-state index contributed by atoms with van der Waals surface area (Å²) >= 11 is 3.69. The van der Waals surface area contributed by atoms with Crippen molar-refractivity contribution in [3.63, 3.8) is 0 Å². The summed E-state index contributed by atoms with van der Waals surface area (Å²) in [4.78, 5) is 32.5. The first kappa shape index (κ1) is 14.0. The number of carbonyl (C=O) groups excluding carboxylic acids is 2. The van der Waals surface area contributed by atoms with E-state index in [1.165, 1.54) is 25.1 Å². The minimum atomic E-state index is -0.769. The number of nitro groups is 1. The number of hydrogen-bond donors (Lipinski definition) is 2. The molecule has 0 fully saturated rings. The van der Waals surface area contributed by atoms with Crippen LogP contribution in [0.2, 0.25) is 0 Å². The molecule has 1 rings (SSSR count). The molecule has 8 heteroatoms. The van der Waals surface area contributed by atoms with Crippen LogP contribution < -0.4 is 5.32 Å². The smallest absolute Gasteiger partial charge is 0.306 e. The van der Waals surface area contributed by atoms with Gasteiger partial charge < -0.3 is 5.32 Å². The van der Waals surface area contributed by atoms with E-state index in [1.807, 2.05) is 0 Å². The monoisotopic (exact) mass is 269 g/mol. The fourth-order valence-electron chi connectivity index (χ4n) is 1.17. The first-order chi connectivity index (χ1) is 8.32. The zero-order chi connectivity index (χ0) is 13.9. The Morgan fingerprint density at radius 3 is 2.56 bits per heavy atom. The molecule has 0 aliphatic heterocycles. The minimum absolute atomic E-state index is 0.149. The fourth-order valence-corrected chi connectivity index (χ4v) is 1.22. The van der Waals surface area contributed by atoms with Crippen LogP contribution >= 0.6 is 12.8 Å². The Bertz CT molecular complexity index is 518. The van der Waals surface area contributed by atoms with Gasteiger partial charge in [-0.1, -0.05) is 18.9 Å². The van der Waals surface area contributed by atoms with Gasteiger partial charge in [0.1, 0.15) is 0 Å². The van der Waals surface area contributed by atoms with Crippen LogP contribution in [0.1, 0.15) is 12.5 Å². The van der Waals surface area contributed by atoms with Gasteiger partial charge in [0, 0.05) is 19.1 Å². The first-order valence-corrected chi connectivity index (χ1v) is 5.28. The van der Waals surface area contributed by atoms with Gasteiger partial charge in [0.05, 0.1) is 10.6 Å². The van der Waals surface area contributed by atoms with E-state index in [1.54, 1.807) is 6.92 Å². The lowest BCUT2D eigenvalue weighted by molar-refractivity contribution is -0.384. The highest BCUT2D eigenvalue weighted by atomic mass is 32.1. The van der Waals surface area contributed by atoms with Crippen LogP contribution in [0.25, 0.3) is 0 Å². The summed E-state index contributed by atoms with van der Waals surface area (Å²) in [6.07, 6.45) is 0. The standard InChI is InChI=1S/C10H11N3O4S/c1-6-3-4-8(13(16)17)5-9(6)11-10(15)12(18)7(2)14/h3-5,18H,1-2H3,(H,11,15). The van der Waals surface area contributed by atoms with E-state index in [0.29, 0.717) is 9.87 Å². The fraction of sp³-hybridized carbons (Fsp3) is 0.200.